The summed E-state index contributed by atoms with van der Waals surface area (Å²) in [5.74, 6) is 0.545. The fourth-order valence-corrected chi connectivity index (χ4v) is 1.99. The lowest BCUT2D eigenvalue weighted by Crippen LogP contribution is -2.02. The first-order chi connectivity index (χ1) is 8.06. The van der Waals surface area contributed by atoms with Crippen molar-refractivity contribution in [3.63, 3.8) is 0 Å². The second-order valence-corrected chi connectivity index (χ2v) is 5.01. The summed E-state index contributed by atoms with van der Waals surface area (Å²) >= 11 is 0. The summed E-state index contributed by atoms with van der Waals surface area (Å²) in [6.45, 7) is 11.6. The minimum atomic E-state index is 0.545. The molecule has 1 atom stereocenters. The molecule has 0 radical (unpaired) electrons. The number of unbranched alkanes of at least 4 members (excludes halogenated alkanes) is 1. The van der Waals surface area contributed by atoms with E-state index in [1.54, 1.807) is 0 Å². The van der Waals surface area contributed by atoms with Gasteiger partial charge in [-0.3, -0.25) is 0 Å². The van der Waals surface area contributed by atoms with Crippen molar-refractivity contribution in [3.05, 3.63) is 41.5 Å². The van der Waals surface area contributed by atoms with Gasteiger partial charge in [0, 0.05) is 0 Å². The molecule has 1 unspecified atom stereocenters. The van der Waals surface area contributed by atoms with Crippen LogP contribution in [-0.4, -0.2) is 6.54 Å². The van der Waals surface area contributed by atoms with Crippen molar-refractivity contribution in [3.8, 4) is 0 Å². The van der Waals surface area contributed by atoms with Crippen molar-refractivity contribution in [2.24, 2.45) is 11.7 Å². The predicted molar refractivity (Wildman–Crippen MR) is 77.0 cm³/mol. The van der Waals surface area contributed by atoms with Crippen LogP contribution in [0, 0.1) is 19.8 Å². The molecule has 1 aromatic rings. The summed E-state index contributed by atoms with van der Waals surface area (Å²) in [6.07, 6.45) is 3.50. The van der Waals surface area contributed by atoms with E-state index in [0.717, 1.165) is 13.0 Å². The Morgan fingerprint density at radius 2 is 1.94 bits per heavy atom. The van der Waals surface area contributed by atoms with E-state index in [4.69, 9.17) is 5.73 Å². The summed E-state index contributed by atoms with van der Waals surface area (Å²) in [5, 5.41) is 0. The van der Waals surface area contributed by atoms with Gasteiger partial charge in [0.05, 0.1) is 0 Å². The van der Waals surface area contributed by atoms with Gasteiger partial charge in [0.1, 0.15) is 0 Å². The van der Waals surface area contributed by atoms with Crippen LogP contribution in [0.3, 0.4) is 0 Å². The normalized spacial score (nSPS) is 12.5. The van der Waals surface area contributed by atoms with Gasteiger partial charge in [0.25, 0.3) is 0 Å². The summed E-state index contributed by atoms with van der Waals surface area (Å²) in [6, 6.07) is 6.61. The molecule has 1 aromatic carbocycles. The summed E-state index contributed by atoms with van der Waals surface area (Å²) in [5.41, 5.74) is 10.7. The first-order valence-electron chi connectivity index (χ1n) is 6.52. The Hall–Kier alpha value is -1.08. The SMILES string of the molecule is C=C(c1ccc(C)c(C)c1)C(C)CCCCN. The molecule has 0 aromatic heterocycles. The van der Waals surface area contributed by atoms with Gasteiger partial charge in [0.2, 0.25) is 0 Å². The zero-order valence-electron chi connectivity index (χ0n) is 11.4. The van der Waals surface area contributed by atoms with Crippen molar-refractivity contribution in [2.75, 3.05) is 6.54 Å². The van der Waals surface area contributed by atoms with Crippen molar-refractivity contribution in [2.45, 2.75) is 40.0 Å². The Labute approximate surface area is 106 Å². The van der Waals surface area contributed by atoms with E-state index in [0.29, 0.717) is 5.92 Å². The molecule has 1 nitrogen and oxygen atoms in total. The van der Waals surface area contributed by atoms with Crippen LogP contribution < -0.4 is 5.73 Å². The molecular formula is C16H25N. The Bertz CT molecular complexity index is 379. The molecule has 0 amide bonds. The number of allylic oxidation sites excluding steroid dienone is 1. The van der Waals surface area contributed by atoms with Gasteiger partial charge < -0.3 is 5.73 Å². The van der Waals surface area contributed by atoms with Crippen molar-refractivity contribution in [1.82, 2.24) is 0 Å². The molecule has 0 bridgehead atoms. The lowest BCUT2D eigenvalue weighted by Gasteiger charge is -2.16. The van der Waals surface area contributed by atoms with E-state index in [-0.39, 0.29) is 0 Å². The highest BCUT2D eigenvalue weighted by Crippen LogP contribution is 2.26. The van der Waals surface area contributed by atoms with Crippen LogP contribution in [0.15, 0.2) is 24.8 Å². The average Bonchev–Trinajstić information content (AvgIpc) is 2.32. The Morgan fingerprint density at radius 3 is 2.53 bits per heavy atom. The van der Waals surface area contributed by atoms with E-state index in [2.05, 4.69) is 45.5 Å². The second kappa shape index (κ2) is 6.61. The van der Waals surface area contributed by atoms with Crippen molar-refractivity contribution >= 4 is 5.57 Å². The molecule has 2 N–H and O–H groups in total. The maximum Gasteiger partial charge on any atom is -0.00773 e. The van der Waals surface area contributed by atoms with Gasteiger partial charge in [-0.05, 0) is 61.4 Å². The average molecular weight is 231 g/mol. The van der Waals surface area contributed by atoms with Crippen molar-refractivity contribution in [1.29, 1.82) is 0 Å². The monoisotopic (exact) mass is 231 g/mol. The number of rotatable bonds is 6. The smallest absolute Gasteiger partial charge is 0.00773 e. The number of benzene rings is 1. The van der Waals surface area contributed by atoms with Crippen LogP contribution >= 0.6 is 0 Å². The quantitative estimate of drug-likeness (QED) is 0.733. The van der Waals surface area contributed by atoms with Crippen LogP contribution in [0.4, 0.5) is 0 Å². The van der Waals surface area contributed by atoms with Gasteiger partial charge in [0.15, 0.2) is 0 Å². The molecule has 1 rings (SSSR count). The number of hydrogen-bond donors (Lipinski definition) is 1. The molecular weight excluding hydrogens is 206 g/mol. The molecule has 0 spiro atoms. The molecule has 0 heterocycles. The highest BCUT2D eigenvalue weighted by Gasteiger charge is 2.09. The molecule has 94 valence electrons. The first kappa shape index (κ1) is 14.0. The fraction of sp³-hybridized carbons (Fsp3) is 0.500. The molecule has 17 heavy (non-hydrogen) atoms. The minimum Gasteiger partial charge on any atom is -0.330 e. The van der Waals surface area contributed by atoms with E-state index >= 15 is 0 Å². The van der Waals surface area contributed by atoms with Gasteiger partial charge >= 0.3 is 0 Å². The van der Waals surface area contributed by atoms with Crippen LogP contribution in [-0.2, 0) is 0 Å². The lowest BCUT2D eigenvalue weighted by molar-refractivity contribution is 0.598. The van der Waals surface area contributed by atoms with Gasteiger partial charge in [-0.25, -0.2) is 0 Å². The highest BCUT2D eigenvalue weighted by molar-refractivity contribution is 5.65. The zero-order valence-corrected chi connectivity index (χ0v) is 11.4. The Morgan fingerprint density at radius 1 is 1.24 bits per heavy atom. The maximum atomic E-state index is 5.52. The van der Waals surface area contributed by atoms with Gasteiger partial charge in [-0.1, -0.05) is 38.1 Å². The molecule has 0 fully saturated rings. The van der Waals surface area contributed by atoms with Crippen LogP contribution in [0.2, 0.25) is 0 Å². The third-order valence-electron chi connectivity index (χ3n) is 3.56. The Kier molecular flexibility index (Phi) is 5.43. The molecule has 0 aliphatic heterocycles. The summed E-state index contributed by atoms with van der Waals surface area (Å²) in [7, 11) is 0. The third kappa shape index (κ3) is 4.01. The van der Waals surface area contributed by atoms with Crippen LogP contribution in [0.5, 0.6) is 0 Å². The maximum absolute atomic E-state index is 5.52. The summed E-state index contributed by atoms with van der Waals surface area (Å²) < 4.78 is 0. The van der Waals surface area contributed by atoms with Crippen molar-refractivity contribution < 1.29 is 0 Å². The fourth-order valence-electron chi connectivity index (χ4n) is 1.99. The Balaban J connectivity index is 2.65. The predicted octanol–water partition coefficient (Wildman–Crippen LogP) is 4.08. The summed E-state index contributed by atoms with van der Waals surface area (Å²) in [4.78, 5) is 0. The standard InChI is InChI=1S/C16H25N/c1-12-8-9-16(11-14(12)3)15(4)13(2)7-5-6-10-17/h8-9,11,13H,4-7,10,17H2,1-3H3. The second-order valence-electron chi connectivity index (χ2n) is 5.01. The number of hydrogen-bond acceptors (Lipinski definition) is 1. The highest BCUT2D eigenvalue weighted by atomic mass is 14.5. The van der Waals surface area contributed by atoms with Gasteiger partial charge in [-0.2, -0.15) is 0 Å². The number of aryl methyl sites for hydroxylation is 2. The largest absolute Gasteiger partial charge is 0.330 e. The van der Waals surface area contributed by atoms with Crippen LogP contribution in [0.1, 0.15) is 42.9 Å². The molecule has 0 aliphatic carbocycles. The topological polar surface area (TPSA) is 26.0 Å². The first-order valence-corrected chi connectivity index (χ1v) is 6.52. The molecule has 0 saturated heterocycles. The van der Waals surface area contributed by atoms with Crippen LogP contribution in [0.25, 0.3) is 5.57 Å². The van der Waals surface area contributed by atoms with E-state index in [1.165, 1.54) is 35.1 Å². The minimum absolute atomic E-state index is 0.545. The van der Waals surface area contributed by atoms with Gasteiger partial charge in [-0.15, -0.1) is 0 Å². The van der Waals surface area contributed by atoms with E-state index < -0.39 is 0 Å². The molecule has 0 aliphatic rings. The molecule has 1 heteroatoms. The number of nitrogens with two attached hydrogens (primary N) is 1. The van der Waals surface area contributed by atoms with E-state index in [9.17, 15) is 0 Å². The molecule has 0 saturated carbocycles. The zero-order chi connectivity index (χ0) is 12.8. The third-order valence-corrected chi connectivity index (χ3v) is 3.56. The van der Waals surface area contributed by atoms with E-state index in [1.807, 2.05) is 0 Å². The lowest BCUT2D eigenvalue weighted by atomic mass is 9.90.